The number of thiazole rings is 1. The molecule has 0 aliphatic carbocycles. The average Bonchev–Trinajstić information content (AvgIpc) is 2.77. The zero-order valence-corrected chi connectivity index (χ0v) is 11.4. The highest BCUT2D eigenvalue weighted by molar-refractivity contribution is 7.16. The molecule has 17 heavy (non-hydrogen) atoms. The fraction of sp³-hybridized carbons (Fsp3) is 0.500. The molecule has 2 rings (SSSR count). The Morgan fingerprint density at radius 1 is 1.24 bits per heavy atom. The van der Waals surface area contributed by atoms with Crippen LogP contribution in [-0.4, -0.2) is 11.0 Å². The van der Waals surface area contributed by atoms with Crippen molar-refractivity contribution >= 4 is 27.2 Å². The molecule has 0 amide bonds. The van der Waals surface area contributed by atoms with Crippen LogP contribution in [0, 0.1) is 0 Å². The number of anilines is 1. The van der Waals surface area contributed by atoms with E-state index in [2.05, 4.69) is 42.3 Å². The molecule has 0 aliphatic rings. The number of hydrogen-bond acceptors (Lipinski definition) is 3. The van der Waals surface area contributed by atoms with Gasteiger partial charge in [0.15, 0.2) is 0 Å². The Labute approximate surface area is 107 Å². The maximum absolute atomic E-state index is 4.30. The van der Waals surface area contributed by atoms with Crippen molar-refractivity contribution in [3.05, 3.63) is 23.7 Å². The topological polar surface area (TPSA) is 24.9 Å². The van der Waals surface area contributed by atoms with E-state index in [1.807, 2.05) is 5.51 Å². The first-order chi connectivity index (χ1) is 8.33. The normalized spacial score (nSPS) is 11.2. The predicted octanol–water partition coefficient (Wildman–Crippen LogP) is 4.68. The molecule has 1 aromatic heterocycles. The van der Waals surface area contributed by atoms with Crippen molar-refractivity contribution in [1.82, 2.24) is 4.98 Å². The second kappa shape index (κ2) is 6.01. The molecular formula is C14H20N2S. The van der Waals surface area contributed by atoms with E-state index in [1.54, 1.807) is 11.3 Å². The molecule has 0 bridgehead atoms. The second-order valence-corrected chi connectivity index (χ2v) is 5.34. The maximum Gasteiger partial charge on any atom is 0.0813 e. The van der Waals surface area contributed by atoms with E-state index >= 15 is 0 Å². The Hall–Kier alpha value is -1.09. The van der Waals surface area contributed by atoms with E-state index in [0.717, 1.165) is 5.52 Å². The molecule has 92 valence electrons. The SMILES string of the molecule is CCCC(CCC)Nc1ccc2ncsc2c1. The fourth-order valence-corrected chi connectivity index (χ4v) is 2.88. The number of rotatable bonds is 6. The number of nitrogens with one attached hydrogen (secondary N) is 1. The highest BCUT2D eigenvalue weighted by Crippen LogP contribution is 2.23. The molecule has 2 nitrogen and oxygen atoms in total. The van der Waals surface area contributed by atoms with Crippen molar-refractivity contribution in [3.8, 4) is 0 Å². The highest BCUT2D eigenvalue weighted by atomic mass is 32.1. The molecule has 3 heteroatoms. The van der Waals surface area contributed by atoms with Gasteiger partial charge in [-0.05, 0) is 31.0 Å². The maximum atomic E-state index is 4.30. The number of fused-ring (bicyclic) bond motifs is 1. The molecular weight excluding hydrogens is 228 g/mol. The van der Waals surface area contributed by atoms with Crippen molar-refractivity contribution in [1.29, 1.82) is 0 Å². The standard InChI is InChI=1S/C14H20N2S/c1-3-5-11(6-4-2)16-12-7-8-13-14(9-12)17-10-15-13/h7-11,16H,3-6H2,1-2H3. The van der Waals surface area contributed by atoms with E-state index in [9.17, 15) is 0 Å². The Morgan fingerprint density at radius 2 is 2.00 bits per heavy atom. The summed E-state index contributed by atoms with van der Waals surface area (Å²) in [5, 5.41) is 3.64. The molecule has 0 radical (unpaired) electrons. The molecule has 0 saturated carbocycles. The Balaban J connectivity index is 2.09. The van der Waals surface area contributed by atoms with Gasteiger partial charge in [0.2, 0.25) is 0 Å². The third kappa shape index (κ3) is 3.19. The molecule has 1 heterocycles. The Morgan fingerprint density at radius 3 is 2.71 bits per heavy atom. The van der Waals surface area contributed by atoms with Gasteiger partial charge in [-0.1, -0.05) is 26.7 Å². The minimum atomic E-state index is 0.607. The Bertz CT molecular complexity index is 458. The van der Waals surface area contributed by atoms with Gasteiger partial charge in [0.1, 0.15) is 0 Å². The van der Waals surface area contributed by atoms with Crippen LogP contribution in [0.3, 0.4) is 0 Å². The van der Waals surface area contributed by atoms with Crippen LogP contribution in [0.4, 0.5) is 5.69 Å². The quantitative estimate of drug-likeness (QED) is 0.803. The average molecular weight is 248 g/mol. The first-order valence-electron chi connectivity index (χ1n) is 6.43. The summed E-state index contributed by atoms with van der Waals surface area (Å²) in [6.07, 6.45) is 4.96. The van der Waals surface area contributed by atoms with Crippen molar-refractivity contribution in [3.63, 3.8) is 0 Å². The molecule has 1 aromatic carbocycles. The Kier molecular flexibility index (Phi) is 4.37. The fourth-order valence-electron chi connectivity index (χ4n) is 2.17. The zero-order valence-electron chi connectivity index (χ0n) is 10.6. The van der Waals surface area contributed by atoms with E-state index in [-0.39, 0.29) is 0 Å². The van der Waals surface area contributed by atoms with Gasteiger partial charge >= 0.3 is 0 Å². The minimum absolute atomic E-state index is 0.607. The molecule has 0 saturated heterocycles. The van der Waals surface area contributed by atoms with Crippen LogP contribution >= 0.6 is 11.3 Å². The van der Waals surface area contributed by atoms with Gasteiger partial charge in [-0.2, -0.15) is 0 Å². The van der Waals surface area contributed by atoms with E-state index in [1.165, 1.54) is 36.1 Å². The van der Waals surface area contributed by atoms with Crippen LogP contribution in [0.15, 0.2) is 23.7 Å². The second-order valence-electron chi connectivity index (χ2n) is 4.45. The summed E-state index contributed by atoms with van der Waals surface area (Å²) in [6.45, 7) is 4.49. The van der Waals surface area contributed by atoms with Gasteiger partial charge in [-0.15, -0.1) is 11.3 Å². The third-order valence-electron chi connectivity index (χ3n) is 2.98. The van der Waals surface area contributed by atoms with Crippen LogP contribution in [-0.2, 0) is 0 Å². The van der Waals surface area contributed by atoms with E-state index in [0.29, 0.717) is 6.04 Å². The van der Waals surface area contributed by atoms with Crippen molar-refractivity contribution in [2.75, 3.05) is 5.32 Å². The smallest absolute Gasteiger partial charge is 0.0813 e. The highest BCUT2D eigenvalue weighted by Gasteiger charge is 2.07. The molecule has 0 aliphatic heterocycles. The molecule has 0 spiro atoms. The number of nitrogens with zero attached hydrogens (tertiary/aromatic N) is 1. The van der Waals surface area contributed by atoms with Gasteiger partial charge in [0, 0.05) is 11.7 Å². The summed E-state index contributed by atoms with van der Waals surface area (Å²) in [7, 11) is 0. The third-order valence-corrected chi connectivity index (χ3v) is 3.77. The van der Waals surface area contributed by atoms with Crippen molar-refractivity contribution in [2.45, 2.75) is 45.6 Å². The van der Waals surface area contributed by atoms with Crippen LogP contribution in [0.1, 0.15) is 39.5 Å². The van der Waals surface area contributed by atoms with Crippen LogP contribution in [0.2, 0.25) is 0 Å². The lowest BCUT2D eigenvalue weighted by Crippen LogP contribution is -2.18. The first-order valence-corrected chi connectivity index (χ1v) is 7.31. The minimum Gasteiger partial charge on any atom is -0.382 e. The first kappa shape index (κ1) is 12.4. The van der Waals surface area contributed by atoms with E-state index in [4.69, 9.17) is 0 Å². The number of aromatic nitrogens is 1. The molecule has 0 atom stereocenters. The molecule has 0 fully saturated rings. The van der Waals surface area contributed by atoms with Crippen LogP contribution in [0.5, 0.6) is 0 Å². The van der Waals surface area contributed by atoms with Gasteiger partial charge in [0.25, 0.3) is 0 Å². The molecule has 0 unspecified atom stereocenters. The predicted molar refractivity (Wildman–Crippen MR) is 76.8 cm³/mol. The zero-order chi connectivity index (χ0) is 12.1. The summed E-state index contributed by atoms with van der Waals surface area (Å²) in [5.74, 6) is 0. The van der Waals surface area contributed by atoms with Gasteiger partial charge in [-0.3, -0.25) is 0 Å². The summed E-state index contributed by atoms with van der Waals surface area (Å²) in [6, 6.07) is 7.06. The summed E-state index contributed by atoms with van der Waals surface area (Å²) in [5.41, 5.74) is 4.24. The van der Waals surface area contributed by atoms with Crippen molar-refractivity contribution < 1.29 is 0 Å². The van der Waals surface area contributed by atoms with Crippen LogP contribution < -0.4 is 5.32 Å². The van der Waals surface area contributed by atoms with Crippen molar-refractivity contribution in [2.24, 2.45) is 0 Å². The monoisotopic (exact) mass is 248 g/mol. The largest absolute Gasteiger partial charge is 0.382 e. The lowest BCUT2D eigenvalue weighted by Gasteiger charge is -2.18. The summed E-state index contributed by atoms with van der Waals surface area (Å²) >= 11 is 1.70. The van der Waals surface area contributed by atoms with Gasteiger partial charge < -0.3 is 5.32 Å². The summed E-state index contributed by atoms with van der Waals surface area (Å²) in [4.78, 5) is 4.30. The number of benzene rings is 1. The van der Waals surface area contributed by atoms with E-state index < -0.39 is 0 Å². The molecule has 2 aromatic rings. The lowest BCUT2D eigenvalue weighted by molar-refractivity contribution is 0.586. The van der Waals surface area contributed by atoms with Gasteiger partial charge in [-0.25, -0.2) is 4.98 Å². The molecule has 1 N–H and O–H groups in total. The van der Waals surface area contributed by atoms with Crippen LogP contribution in [0.25, 0.3) is 10.2 Å². The summed E-state index contributed by atoms with van der Waals surface area (Å²) < 4.78 is 1.27. The lowest BCUT2D eigenvalue weighted by atomic mass is 10.1. The number of hydrogen-bond donors (Lipinski definition) is 1. The van der Waals surface area contributed by atoms with Gasteiger partial charge in [0.05, 0.1) is 15.7 Å².